The van der Waals surface area contributed by atoms with Crippen molar-refractivity contribution in [3.63, 3.8) is 0 Å². The SMILES string of the molecule is CC(=O)N[C@H](CSC(=O)CC1=C(C)/C(=C/c2ccc(S(C)=O)cc2)c2ccc(F)cc21)C(=O)N/C(N)=N/C(=N)N(C)C. The van der Waals surface area contributed by atoms with Crippen LogP contribution in [0.25, 0.3) is 17.2 Å². The fraction of sp³-hybridized carbons (Fsp3) is 0.276. The van der Waals surface area contributed by atoms with Crippen molar-refractivity contribution in [2.75, 3.05) is 26.1 Å². The summed E-state index contributed by atoms with van der Waals surface area (Å²) in [6, 6.07) is 10.6. The average Bonchev–Trinajstić information content (AvgIpc) is 3.15. The van der Waals surface area contributed by atoms with Crippen LogP contribution in [0.15, 0.2) is 57.9 Å². The number of halogens is 1. The van der Waals surface area contributed by atoms with Gasteiger partial charge < -0.3 is 16.0 Å². The lowest BCUT2D eigenvalue weighted by molar-refractivity contribution is -0.126. The van der Waals surface area contributed by atoms with Gasteiger partial charge in [-0.2, -0.15) is 4.99 Å². The van der Waals surface area contributed by atoms with Crippen LogP contribution in [-0.2, 0) is 25.2 Å². The van der Waals surface area contributed by atoms with E-state index in [1.807, 2.05) is 25.1 Å². The largest absolute Gasteiger partial charge is 0.369 e. The van der Waals surface area contributed by atoms with Gasteiger partial charge in [-0.05, 0) is 70.7 Å². The molecule has 2 atom stereocenters. The first-order valence-electron chi connectivity index (χ1n) is 12.8. The molecule has 2 amide bonds. The Labute approximate surface area is 250 Å². The molecule has 1 aliphatic rings. The van der Waals surface area contributed by atoms with E-state index < -0.39 is 34.5 Å². The van der Waals surface area contributed by atoms with E-state index in [2.05, 4.69) is 15.6 Å². The molecule has 1 unspecified atom stereocenters. The fourth-order valence-electron chi connectivity index (χ4n) is 4.16. The number of guanidine groups is 2. The molecule has 13 heteroatoms. The minimum Gasteiger partial charge on any atom is -0.369 e. The van der Waals surface area contributed by atoms with Crippen molar-refractivity contribution >= 4 is 68.6 Å². The van der Waals surface area contributed by atoms with Gasteiger partial charge in [-0.3, -0.25) is 29.3 Å². The van der Waals surface area contributed by atoms with Gasteiger partial charge >= 0.3 is 0 Å². The summed E-state index contributed by atoms with van der Waals surface area (Å²) in [7, 11) is 2.07. The highest BCUT2D eigenvalue weighted by Crippen LogP contribution is 2.44. The topological polar surface area (TPSA) is 158 Å². The number of rotatable bonds is 8. The van der Waals surface area contributed by atoms with Gasteiger partial charge in [0.1, 0.15) is 11.9 Å². The molecule has 222 valence electrons. The number of hydrogen-bond acceptors (Lipinski definition) is 6. The van der Waals surface area contributed by atoms with Crippen LogP contribution in [0.4, 0.5) is 4.39 Å². The molecule has 0 saturated carbocycles. The van der Waals surface area contributed by atoms with Crippen LogP contribution in [0, 0.1) is 11.2 Å². The quantitative estimate of drug-likeness (QED) is 0.264. The summed E-state index contributed by atoms with van der Waals surface area (Å²) >= 11 is 0.856. The number of amides is 2. The molecule has 0 aromatic heterocycles. The number of allylic oxidation sites excluding steroid dienone is 3. The van der Waals surface area contributed by atoms with E-state index in [0.717, 1.165) is 34.0 Å². The van der Waals surface area contributed by atoms with Crippen molar-refractivity contribution in [2.24, 2.45) is 10.7 Å². The summed E-state index contributed by atoms with van der Waals surface area (Å²) in [5.41, 5.74) is 10.3. The molecule has 0 aliphatic heterocycles. The number of carbonyl (C=O) groups excluding carboxylic acids is 3. The maximum atomic E-state index is 14.3. The molecular formula is C29H33FN6O4S2. The molecule has 2 aromatic rings. The first-order chi connectivity index (χ1) is 19.8. The van der Waals surface area contributed by atoms with Crippen LogP contribution in [0.2, 0.25) is 0 Å². The Balaban J connectivity index is 1.79. The van der Waals surface area contributed by atoms with Crippen LogP contribution in [0.5, 0.6) is 0 Å². The molecular weight excluding hydrogens is 579 g/mol. The Kier molecular flexibility index (Phi) is 10.9. The van der Waals surface area contributed by atoms with Gasteiger partial charge in [0.2, 0.25) is 23.7 Å². The number of nitrogens with one attached hydrogen (secondary N) is 3. The van der Waals surface area contributed by atoms with Gasteiger partial charge in [0, 0.05) is 55.1 Å². The molecule has 0 saturated heterocycles. The van der Waals surface area contributed by atoms with Gasteiger partial charge in [-0.15, -0.1) is 0 Å². The molecule has 3 rings (SSSR count). The monoisotopic (exact) mass is 612 g/mol. The van der Waals surface area contributed by atoms with Crippen LogP contribution < -0.4 is 16.4 Å². The molecule has 2 aromatic carbocycles. The summed E-state index contributed by atoms with van der Waals surface area (Å²) in [5.74, 6) is -2.20. The molecule has 0 heterocycles. The molecule has 10 nitrogen and oxygen atoms in total. The van der Waals surface area contributed by atoms with Gasteiger partial charge in [-0.25, -0.2) is 4.39 Å². The number of carbonyl (C=O) groups is 3. The Morgan fingerprint density at radius 1 is 1.17 bits per heavy atom. The van der Waals surface area contributed by atoms with E-state index in [-0.39, 0.29) is 29.2 Å². The minimum atomic E-state index is -1.10. The van der Waals surface area contributed by atoms with Gasteiger partial charge in [-0.1, -0.05) is 30.0 Å². The maximum Gasteiger partial charge on any atom is 0.250 e. The molecule has 0 radical (unpaired) electrons. The van der Waals surface area contributed by atoms with Crippen LogP contribution in [0.1, 0.15) is 37.0 Å². The minimum absolute atomic E-state index is 0.0317. The third kappa shape index (κ3) is 8.46. The summed E-state index contributed by atoms with van der Waals surface area (Å²) in [5, 5.41) is 12.3. The summed E-state index contributed by atoms with van der Waals surface area (Å²) in [4.78, 5) is 43.5. The van der Waals surface area contributed by atoms with Crippen molar-refractivity contribution in [2.45, 2.75) is 31.2 Å². The van der Waals surface area contributed by atoms with E-state index in [1.165, 1.54) is 24.0 Å². The maximum absolute atomic E-state index is 14.3. The van der Waals surface area contributed by atoms with E-state index in [4.69, 9.17) is 11.1 Å². The van der Waals surface area contributed by atoms with E-state index in [1.54, 1.807) is 38.6 Å². The highest BCUT2D eigenvalue weighted by atomic mass is 32.2. The number of benzene rings is 2. The number of fused-ring (bicyclic) bond motifs is 1. The lowest BCUT2D eigenvalue weighted by atomic mass is 10.0. The molecule has 1 aliphatic carbocycles. The number of nitrogens with two attached hydrogens (primary N) is 1. The molecule has 42 heavy (non-hydrogen) atoms. The van der Waals surface area contributed by atoms with Crippen molar-refractivity contribution in [1.29, 1.82) is 5.41 Å². The Morgan fingerprint density at radius 3 is 2.43 bits per heavy atom. The lowest BCUT2D eigenvalue weighted by Crippen LogP contribution is -2.51. The van der Waals surface area contributed by atoms with E-state index in [9.17, 15) is 23.0 Å². The zero-order chi connectivity index (χ0) is 31.1. The van der Waals surface area contributed by atoms with Crippen LogP contribution in [-0.4, -0.2) is 70.1 Å². The third-order valence-corrected chi connectivity index (χ3v) is 8.21. The normalized spacial score (nSPS) is 15.2. The highest BCUT2D eigenvalue weighted by Gasteiger charge is 2.27. The second kappa shape index (κ2) is 14.2. The van der Waals surface area contributed by atoms with Gasteiger partial charge in [0.25, 0.3) is 0 Å². The second-order valence-electron chi connectivity index (χ2n) is 9.69. The highest BCUT2D eigenvalue weighted by molar-refractivity contribution is 8.13. The number of aliphatic imine (C=N–C) groups is 1. The molecule has 0 spiro atoms. The zero-order valence-corrected chi connectivity index (χ0v) is 25.5. The van der Waals surface area contributed by atoms with E-state index in [0.29, 0.717) is 16.0 Å². The third-order valence-electron chi connectivity index (χ3n) is 6.30. The lowest BCUT2D eigenvalue weighted by Gasteiger charge is -2.17. The number of nitrogens with zero attached hydrogens (tertiary/aromatic N) is 2. The van der Waals surface area contributed by atoms with Gasteiger partial charge in [0.15, 0.2) is 5.12 Å². The summed E-state index contributed by atoms with van der Waals surface area (Å²) in [6.07, 6.45) is 3.52. The number of hydrogen-bond donors (Lipinski definition) is 4. The summed E-state index contributed by atoms with van der Waals surface area (Å²) < 4.78 is 26.0. The summed E-state index contributed by atoms with van der Waals surface area (Å²) in [6.45, 7) is 3.11. The van der Waals surface area contributed by atoms with Crippen molar-refractivity contribution in [3.8, 4) is 0 Å². The number of thioether (sulfide) groups is 1. The molecule has 5 N–H and O–H groups in total. The van der Waals surface area contributed by atoms with Crippen molar-refractivity contribution < 1.29 is 23.0 Å². The Morgan fingerprint density at radius 2 is 1.83 bits per heavy atom. The van der Waals surface area contributed by atoms with E-state index >= 15 is 0 Å². The molecule has 0 bridgehead atoms. The predicted octanol–water partition coefficient (Wildman–Crippen LogP) is 2.97. The van der Waals surface area contributed by atoms with Crippen molar-refractivity contribution in [3.05, 3.63) is 70.5 Å². The second-order valence-corrected chi connectivity index (χ2v) is 12.1. The zero-order valence-electron chi connectivity index (χ0n) is 23.9. The first-order valence-corrected chi connectivity index (χ1v) is 15.3. The fourth-order valence-corrected chi connectivity index (χ4v) is 5.51. The van der Waals surface area contributed by atoms with Gasteiger partial charge in [0.05, 0.1) is 0 Å². The average molecular weight is 613 g/mol. The molecule has 0 fully saturated rings. The smallest absolute Gasteiger partial charge is 0.250 e. The first kappa shape index (κ1) is 32.4. The van der Waals surface area contributed by atoms with Crippen LogP contribution >= 0.6 is 11.8 Å². The predicted molar refractivity (Wildman–Crippen MR) is 167 cm³/mol. The van der Waals surface area contributed by atoms with Crippen molar-refractivity contribution in [1.82, 2.24) is 15.5 Å². The standard InChI is InChI=1S/C29H33FN6O4S2/c1-16-22(12-18-6-9-20(10-7-18)42(5)40)21-11-8-19(30)13-24(21)23(16)14-26(38)41-15-25(33-17(2)37)27(39)34-28(31)35-29(32)36(3)4/h6-13,25H,14-15H2,1-5H3,(H,33,37)(H4,31,32,34,35,39)/b22-12-/t25-,42?/m1/s1. The van der Waals surface area contributed by atoms with Crippen LogP contribution in [0.3, 0.4) is 0 Å². The Hall–Kier alpha value is -4.10. The Bertz CT molecular complexity index is 1530.